The third-order valence-electron chi connectivity index (χ3n) is 3.75. The van der Waals surface area contributed by atoms with Gasteiger partial charge in [-0.1, -0.05) is 39.8 Å². The summed E-state index contributed by atoms with van der Waals surface area (Å²) in [7, 11) is 0. The minimum absolute atomic E-state index is 0.458. The van der Waals surface area contributed by atoms with Crippen molar-refractivity contribution in [2.75, 3.05) is 11.4 Å². The Bertz CT molecular complexity index is 505. The topological polar surface area (TPSA) is 29.0 Å². The van der Waals surface area contributed by atoms with E-state index in [1.807, 2.05) is 12.4 Å². The summed E-state index contributed by atoms with van der Waals surface area (Å²) in [4.78, 5) is 11.2. The molecule has 0 fully saturated rings. The number of anilines is 2. The first-order valence-electron chi connectivity index (χ1n) is 7.72. The van der Waals surface area contributed by atoms with E-state index in [4.69, 9.17) is 0 Å². The highest BCUT2D eigenvalue weighted by atomic mass is 15.2. The van der Waals surface area contributed by atoms with Gasteiger partial charge < -0.3 is 4.90 Å². The fourth-order valence-corrected chi connectivity index (χ4v) is 2.25. The molecule has 0 aliphatic heterocycles. The molecular weight excluding hydrogens is 258 g/mol. The summed E-state index contributed by atoms with van der Waals surface area (Å²) in [5, 5.41) is 0. The predicted octanol–water partition coefficient (Wildman–Crippen LogP) is 4.88. The molecule has 1 heterocycles. The molecule has 3 nitrogen and oxygen atoms in total. The molecule has 0 saturated carbocycles. The monoisotopic (exact) mass is 283 g/mol. The van der Waals surface area contributed by atoms with Crippen LogP contribution < -0.4 is 4.90 Å². The third kappa shape index (κ3) is 3.60. The van der Waals surface area contributed by atoms with Crippen LogP contribution >= 0.6 is 0 Å². The van der Waals surface area contributed by atoms with E-state index < -0.39 is 0 Å². The molecular formula is C18H25N3. The molecule has 0 aliphatic rings. The van der Waals surface area contributed by atoms with Crippen molar-refractivity contribution in [2.45, 2.75) is 46.5 Å². The zero-order valence-corrected chi connectivity index (χ0v) is 13.7. The number of benzene rings is 1. The van der Waals surface area contributed by atoms with Gasteiger partial charge >= 0.3 is 0 Å². The van der Waals surface area contributed by atoms with Crippen LogP contribution in [0.25, 0.3) is 0 Å². The van der Waals surface area contributed by atoms with E-state index in [1.165, 1.54) is 11.1 Å². The quantitative estimate of drug-likeness (QED) is 0.783. The fraction of sp³-hybridized carbons (Fsp3) is 0.444. The molecule has 2 rings (SSSR count). The minimum Gasteiger partial charge on any atom is -0.311 e. The van der Waals surface area contributed by atoms with Gasteiger partial charge in [-0.2, -0.15) is 0 Å². The highest BCUT2D eigenvalue weighted by molar-refractivity contribution is 5.57. The van der Waals surface area contributed by atoms with Gasteiger partial charge in [0.25, 0.3) is 0 Å². The smallest absolute Gasteiger partial charge is 0.229 e. The molecule has 1 aromatic carbocycles. The van der Waals surface area contributed by atoms with Gasteiger partial charge in [0, 0.05) is 24.6 Å². The Morgan fingerprint density at radius 2 is 1.38 bits per heavy atom. The summed E-state index contributed by atoms with van der Waals surface area (Å²) in [6.07, 6.45) is 3.86. The van der Waals surface area contributed by atoms with Crippen LogP contribution in [0.15, 0.2) is 36.7 Å². The normalized spacial score (nSPS) is 11.2. The lowest BCUT2D eigenvalue weighted by Gasteiger charge is -2.21. The van der Waals surface area contributed by atoms with E-state index >= 15 is 0 Å². The molecule has 0 amide bonds. The van der Waals surface area contributed by atoms with E-state index in [0.29, 0.717) is 11.8 Å². The summed E-state index contributed by atoms with van der Waals surface area (Å²) in [6, 6.07) is 8.67. The van der Waals surface area contributed by atoms with Crippen LogP contribution in [0.2, 0.25) is 0 Å². The molecule has 0 atom stereocenters. The van der Waals surface area contributed by atoms with Crippen LogP contribution in [-0.2, 0) is 0 Å². The third-order valence-corrected chi connectivity index (χ3v) is 3.75. The number of aromatic nitrogens is 2. The maximum atomic E-state index is 4.52. The number of hydrogen-bond donors (Lipinski definition) is 0. The number of rotatable bonds is 5. The summed E-state index contributed by atoms with van der Waals surface area (Å²) < 4.78 is 0. The Morgan fingerprint density at radius 1 is 0.857 bits per heavy atom. The van der Waals surface area contributed by atoms with Crippen molar-refractivity contribution in [3.8, 4) is 0 Å². The van der Waals surface area contributed by atoms with E-state index in [2.05, 4.69) is 73.8 Å². The van der Waals surface area contributed by atoms with Gasteiger partial charge in [-0.3, -0.25) is 0 Å². The van der Waals surface area contributed by atoms with Crippen LogP contribution in [0.1, 0.15) is 57.6 Å². The fourth-order valence-electron chi connectivity index (χ4n) is 2.25. The molecule has 112 valence electrons. The molecule has 3 heteroatoms. The van der Waals surface area contributed by atoms with Gasteiger partial charge in [0.05, 0.1) is 0 Å². The van der Waals surface area contributed by atoms with Gasteiger partial charge in [0.2, 0.25) is 5.95 Å². The van der Waals surface area contributed by atoms with E-state index in [-0.39, 0.29) is 0 Å². The van der Waals surface area contributed by atoms with Crippen LogP contribution in [0, 0.1) is 0 Å². The highest BCUT2D eigenvalue weighted by Gasteiger charge is 2.11. The van der Waals surface area contributed by atoms with Crippen LogP contribution in [0.4, 0.5) is 11.6 Å². The molecule has 0 radical (unpaired) electrons. The van der Waals surface area contributed by atoms with E-state index in [0.717, 1.165) is 18.2 Å². The Morgan fingerprint density at radius 3 is 1.81 bits per heavy atom. The van der Waals surface area contributed by atoms with Crippen molar-refractivity contribution < 1.29 is 0 Å². The van der Waals surface area contributed by atoms with Crippen molar-refractivity contribution in [3.05, 3.63) is 47.8 Å². The molecule has 21 heavy (non-hydrogen) atoms. The van der Waals surface area contributed by atoms with Gasteiger partial charge in [0.1, 0.15) is 0 Å². The molecule has 0 saturated heterocycles. The maximum Gasteiger partial charge on any atom is 0.229 e. The van der Waals surface area contributed by atoms with Crippen molar-refractivity contribution >= 4 is 11.6 Å². The second-order valence-electron chi connectivity index (χ2n) is 5.96. The summed E-state index contributed by atoms with van der Waals surface area (Å²) in [5.41, 5.74) is 3.66. The lowest BCUT2D eigenvalue weighted by Crippen LogP contribution is -2.19. The first-order chi connectivity index (χ1) is 10.0. The van der Waals surface area contributed by atoms with Crippen molar-refractivity contribution in [3.63, 3.8) is 0 Å². The van der Waals surface area contributed by atoms with Crippen molar-refractivity contribution in [1.82, 2.24) is 9.97 Å². The van der Waals surface area contributed by atoms with Crippen LogP contribution in [0.3, 0.4) is 0 Å². The minimum atomic E-state index is 0.458. The largest absolute Gasteiger partial charge is 0.311 e. The van der Waals surface area contributed by atoms with Crippen molar-refractivity contribution in [2.24, 2.45) is 0 Å². The lowest BCUT2D eigenvalue weighted by molar-refractivity contribution is 0.836. The average Bonchev–Trinajstić information content (AvgIpc) is 2.49. The molecule has 0 unspecified atom stereocenters. The van der Waals surface area contributed by atoms with Gasteiger partial charge in [-0.05, 0) is 42.0 Å². The lowest BCUT2D eigenvalue weighted by atomic mass is 10.0. The second kappa shape index (κ2) is 6.70. The van der Waals surface area contributed by atoms with Crippen LogP contribution in [-0.4, -0.2) is 16.5 Å². The molecule has 0 N–H and O–H groups in total. The Hall–Kier alpha value is -1.90. The predicted molar refractivity (Wildman–Crippen MR) is 89.3 cm³/mol. The highest BCUT2D eigenvalue weighted by Crippen LogP contribution is 2.25. The summed E-state index contributed by atoms with van der Waals surface area (Å²) >= 11 is 0. The summed E-state index contributed by atoms with van der Waals surface area (Å²) in [5.74, 6) is 1.77. The van der Waals surface area contributed by atoms with E-state index in [9.17, 15) is 0 Å². The van der Waals surface area contributed by atoms with E-state index in [1.54, 1.807) is 0 Å². The standard InChI is InChI=1S/C18H25N3/c1-6-21(17-9-7-15(8-10-17)13(2)3)18-19-11-16(12-20-18)14(4)5/h7-14H,6H2,1-5H3. The van der Waals surface area contributed by atoms with Gasteiger partial charge in [-0.15, -0.1) is 0 Å². The van der Waals surface area contributed by atoms with Gasteiger partial charge in [-0.25, -0.2) is 9.97 Å². The van der Waals surface area contributed by atoms with Crippen LogP contribution in [0.5, 0.6) is 0 Å². The summed E-state index contributed by atoms with van der Waals surface area (Å²) in [6.45, 7) is 11.7. The maximum absolute atomic E-state index is 4.52. The first-order valence-corrected chi connectivity index (χ1v) is 7.72. The molecule has 0 bridgehead atoms. The Labute approximate surface area is 128 Å². The average molecular weight is 283 g/mol. The zero-order valence-electron chi connectivity index (χ0n) is 13.7. The molecule has 0 aliphatic carbocycles. The molecule has 2 aromatic rings. The SMILES string of the molecule is CCN(c1ccc(C(C)C)cc1)c1ncc(C(C)C)cn1. The Kier molecular flexibility index (Phi) is 4.94. The van der Waals surface area contributed by atoms with Crippen molar-refractivity contribution in [1.29, 1.82) is 0 Å². The number of hydrogen-bond acceptors (Lipinski definition) is 3. The number of nitrogens with zero attached hydrogens (tertiary/aromatic N) is 3. The van der Waals surface area contributed by atoms with Gasteiger partial charge in [0.15, 0.2) is 0 Å². The molecule has 0 spiro atoms. The molecule has 1 aromatic heterocycles. The second-order valence-corrected chi connectivity index (χ2v) is 5.96. The Balaban J connectivity index is 2.26. The zero-order chi connectivity index (χ0) is 15.4. The first kappa shape index (κ1) is 15.5.